The summed E-state index contributed by atoms with van der Waals surface area (Å²) in [5.74, 6) is -2.76. The summed E-state index contributed by atoms with van der Waals surface area (Å²) in [6.45, 7) is 3.24. The van der Waals surface area contributed by atoms with E-state index in [-0.39, 0.29) is 5.92 Å². The number of carbonyl (C=O) groups is 2. The summed E-state index contributed by atoms with van der Waals surface area (Å²) < 4.78 is 4.69. The molecule has 0 saturated carbocycles. The van der Waals surface area contributed by atoms with Gasteiger partial charge in [-0.05, 0) is 5.92 Å². The third-order valence-corrected chi connectivity index (χ3v) is 2.06. The van der Waals surface area contributed by atoms with Crippen LogP contribution in [0.5, 0.6) is 0 Å². The summed E-state index contributed by atoms with van der Waals surface area (Å²) in [4.78, 5) is 21.0. The van der Waals surface area contributed by atoms with Gasteiger partial charge in [0.2, 0.25) is 5.60 Å². The third-order valence-electron chi connectivity index (χ3n) is 2.06. The van der Waals surface area contributed by atoms with E-state index < -0.39 is 23.6 Å². The Kier molecular flexibility index (Phi) is 1.83. The molecule has 0 unspecified atom stereocenters. The van der Waals surface area contributed by atoms with Crippen molar-refractivity contribution < 1.29 is 24.5 Å². The minimum Gasteiger partial charge on any atom is -0.479 e. The zero-order chi connectivity index (χ0) is 9.52. The van der Waals surface area contributed by atoms with Crippen LogP contribution >= 0.6 is 0 Å². The van der Waals surface area contributed by atoms with Gasteiger partial charge >= 0.3 is 11.9 Å². The Balaban J connectivity index is 2.83. The molecule has 5 nitrogen and oxygen atoms in total. The van der Waals surface area contributed by atoms with Crippen LogP contribution in [0, 0.1) is 5.92 Å². The number of ether oxygens (including phenoxy) is 1. The van der Waals surface area contributed by atoms with Crippen molar-refractivity contribution in [2.45, 2.75) is 25.6 Å². The maximum Gasteiger partial charge on any atom is 0.339 e. The average molecular weight is 174 g/mol. The summed E-state index contributed by atoms with van der Waals surface area (Å²) in [5.41, 5.74) is -1.49. The average Bonchev–Trinajstić information content (AvgIpc) is 2.60. The lowest BCUT2D eigenvalue weighted by Crippen LogP contribution is -2.35. The molecule has 0 aromatic carbocycles. The van der Waals surface area contributed by atoms with Crippen molar-refractivity contribution in [2.75, 3.05) is 0 Å². The Hall–Kier alpha value is -1.10. The summed E-state index contributed by atoms with van der Waals surface area (Å²) in [6.07, 6.45) is -1.19. The molecule has 0 spiro atoms. The van der Waals surface area contributed by atoms with E-state index in [1.165, 1.54) is 0 Å². The molecule has 1 aliphatic rings. The molecule has 0 aromatic rings. The Bertz CT molecular complexity index is 234. The molecule has 5 heteroatoms. The number of rotatable bonds is 3. The Morgan fingerprint density at radius 3 is 2.00 bits per heavy atom. The van der Waals surface area contributed by atoms with Gasteiger partial charge in [0.15, 0.2) is 6.10 Å². The fourth-order valence-electron chi connectivity index (χ4n) is 1.24. The number of hydrogen-bond acceptors (Lipinski definition) is 3. The van der Waals surface area contributed by atoms with Crippen LogP contribution in [-0.2, 0) is 14.3 Å². The van der Waals surface area contributed by atoms with Gasteiger partial charge in [-0.2, -0.15) is 0 Å². The van der Waals surface area contributed by atoms with Crippen molar-refractivity contribution in [3.63, 3.8) is 0 Å². The SMILES string of the molecule is CC(C)[C@]1(C(=O)O)O[C@H]1C(=O)O. The van der Waals surface area contributed by atoms with Crippen LogP contribution in [0.1, 0.15) is 13.8 Å². The largest absolute Gasteiger partial charge is 0.479 e. The van der Waals surface area contributed by atoms with Crippen molar-refractivity contribution in [1.29, 1.82) is 0 Å². The van der Waals surface area contributed by atoms with Crippen LogP contribution in [0.4, 0.5) is 0 Å². The number of carboxylic acid groups (broad SMARTS) is 2. The topological polar surface area (TPSA) is 87.1 Å². The van der Waals surface area contributed by atoms with E-state index >= 15 is 0 Å². The summed E-state index contributed by atoms with van der Waals surface area (Å²) >= 11 is 0. The second-order valence-corrected chi connectivity index (χ2v) is 3.09. The summed E-state index contributed by atoms with van der Waals surface area (Å²) in [7, 11) is 0. The standard InChI is InChI=1S/C7H10O5/c1-3(2)7(6(10)11)4(12-7)5(8)9/h3-4H,1-2H3,(H,8,9)(H,10,11)/t4-,7-/m0/s1. The molecule has 2 atom stereocenters. The van der Waals surface area contributed by atoms with Crippen LogP contribution in [0.15, 0.2) is 0 Å². The lowest BCUT2D eigenvalue weighted by atomic mass is 9.92. The van der Waals surface area contributed by atoms with E-state index in [0.29, 0.717) is 0 Å². The van der Waals surface area contributed by atoms with E-state index in [2.05, 4.69) is 4.74 Å². The Morgan fingerprint density at radius 2 is 1.92 bits per heavy atom. The number of hydrogen-bond donors (Lipinski definition) is 2. The molecule has 1 rings (SSSR count). The van der Waals surface area contributed by atoms with E-state index in [0.717, 1.165) is 0 Å². The molecule has 0 aliphatic carbocycles. The second-order valence-electron chi connectivity index (χ2n) is 3.09. The molecule has 0 aromatic heterocycles. The first-order valence-electron chi connectivity index (χ1n) is 3.57. The van der Waals surface area contributed by atoms with E-state index in [1.54, 1.807) is 13.8 Å². The van der Waals surface area contributed by atoms with Crippen molar-refractivity contribution >= 4 is 11.9 Å². The van der Waals surface area contributed by atoms with Gasteiger partial charge < -0.3 is 14.9 Å². The highest BCUT2D eigenvalue weighted by molar-refractivity contribution is 5.92. The monoisotopic (exact) mass is 174 g/mol. The van der Waals surface area contributed by atoms with Crippen LogP contribution < -0.4 is 0 Å². The summed E-state index contributed by atoms with van der Waals surface area (Å²) in [6, 6.07) is 0. The van der Waals surface area contributed by atoms with Crippen LogP contribution in [0.3, 0.4) is 0 Å². The van der Waals surface area contributed by atoms with Gasteiger partial charge in [0.25, 0.3) is 0 Å². The highest BCUT2D eigenvalue weighted by Crippen LogP contribution is 2.43. The van der Waals surface area contributed by atoms with Crippen LogP contribution in [0.2, 0.25) is 0 Å². The molecule has 2 N–H and O–H groups in total. The normalized spacial score (nSPS) is 33.4. The fraction of sp³-hybridized carbons (Fsp3) is 0.714. The van der Waals surface area contributed by atoms with Gasteiger partial charge in [0.05, 0.1) is 0 Å². The minimum atomic E-state index is -1.49. The molecule has 68 valence electrons. The molecule has 12 heavy (non-hydrogen) atoms. The van der Waals surface area contributed by atoms with Crippen molar-refractivity contribution in [3.05, 3.63) is 0 Å². The first-order chi connectivity index (χ1) is 5.43. The van der Waals surface area contributed by atoms with Gasteiger partial charge in [0, 0.05) is 0 Å². The number of carboxylic acids is 2. The molecular weight excluding hydrogens is 164 g/mol. The first kappa shape index (κ1) is 8.99. The first-order valence-corrected chi connectivity index (χ1v) is 3.57. The quantitative estimate of drug-likeness (QED) is 0.585. The zero-order valence-corrected chi connectivity index (χ0v) is 6.77. The van der Waals surface area contributed by atoms with E-state index in [9.17, 15) is 9.59 Å². The van der Waals surface area contributed by atoms with Gasteiger partial charge in [-0.25, -0.2) is 9.59 Å². The molecule has 0 bridgehead atoms. The second kappa shape index (κ2) is 2.45. The Labute approximate surface area is 68.9 Å². The minimum absolute atomic E-state index is 0.337. The van der Waals surface area contributed by atoms with Gasteiger partial charge in [-0.1, -0.05) is 13.8 Å². The zero-order valence-electron chi connectivity index (χ0n) is 6.77. The van der Waals surface area contributed by atoms with Crippen LogP contribution in [-0.4, -0.2) is 33.9 Å². The molecule has 1 fully saturated rings. The maximum absolute atomic E-state index is 10.7. The van der Waals surface area contributed by atoms with E-state index in [4.69, 9.17) is 10.2 Å². The molecule has 0 radical (unpaired) electrons. The lowest BCUT2D eigenvalue weighted by molar-refractivity contribution is -0.146. The highest BCUT2D eigenvalue weighted by Gasteiger charge is 2.69. The Morgan fingerprint density at radius 1 is 1.42 bits per heavy atom. The molecule has 0 amide bonds. The third kappa shape index (κ3) is 0.972. The maximum atomic E-state index is 10.7. The summed E-state index contributed by atoms with van der Waals surface area (Å²) in [5, 5.41) is 17.2. The highest BCUT2D eigenvalue weighted by atomic mass is 16.7. The lowest BCUT2D eigenvalue weighted by Gasteiger charge is -2.09. The van der Waals surface area contributed by atoms with Crippen molar-refractivity contribution in [3.8, 4) is 0 Å². The number of epoxide rings is 1. The number of aliphatic carboxylic acids is 2. The van der Waals surface area contributed by atoms with Crippen LogP contribution in [0.25, 0.3) is 0 Å². The van der Waals surface area contributed by atoms with Crippen molar-refractivity contribution in [1.82, 2.24) is 0 Å². The fourth-order valence-corrected chi connectivity index (χ4v) is 1.24. The van der Waals surface area contributed by atoms with Crippen molar-refractivity contribution in [2.24, 2.45) is 5.92 Å². The smallest absolute Gasteiger partial charge is 0.339 e. The van der Waals surface area contributed by atoms with E-state index in [1.807, 2.05) is 0 Å². The predicted molar refractivity (Wildman–Crippen MR) is 37.7 cm³/mol. The molecule has 1 aliphatic heterocycles. The molecule has 1 saturated heterocycles. The molecular formula is C7H10O5. The predicted octanol–water partition coefficient (Wildman–Crippen LogP) is -0.0508. The van der Waals surface area contributed by atoms with Gasteiger partial charge in [-0.3, -0.25) is 0 Å². The molecule has 1 heterocycles. The van der Waals surface area contributed by atoms with Gasteiger partial charge in [0.1, 0.15) is 0 Å². The van der Waals surface area contributed by atoms with Gasteiger partial charge in [-0.15, -0.1) is 0 Å².